The molecular formula is C15H18Br2N2. The van der Waals surface area contributed by atoms with Gasteiger partial charge in [-0.15, -0.1) is 0 Å². The van der Waals surface area contributed by atoms with E-state index in [1.165, 1.54) is 17.0 Å². The third-order valence-electron chi connectivity index (χ3n) is 3.40. The quantitative estimate of drug-likeness (QED) is 0.759. The number of anilines is 1. The highest BCUT2D eigenvalue weighted by atomic mass is 79.9. The number of hydrogen-bond acceptors (Lipinski definition) is 1. The van der Waals surface area contributed by atoms with Gasteiger partial charge in [0.2, 0.25) is 0 Å². The minimum absolute atomic E-state index is 0.847. The van der Waals surface area contributed by atoms with Crippen LogP contribution in [-0.4, -0.2) is 4.57 Å². The second-order valence-electron chi connectivity index (χ2n) is 4.62. The molecule has 0 atom stereocenters. The monoisotopic (exact) mass is 384 g/mol. The van der Waals surface area contributed by atoms with E-state index in [0.29, 0.717) is 0 Å². The van der Waals surface area contributed by atoms with Crippen LogP contribution in [0.2, 0.25) is 0 Å². The summed E-state index contributed by atoms with van der Waals surface area (Å²) in [6.07, 6.45) is 0. The van der Waals surface area contributed by atoms with Crippen molar-refractivity contribution in [1.82, 2.24) is 4.57 Å². The molecule has 4 heteroatoms. The van der Waals surface area contributed by atoms with E-state index in [0.717, 1.165) is 27.7 Å². The number of rotatable bonds is 4. The molecule has 0 bridgehead atoms. The first-order valence-electron chi connectivity index (χ1n) is 6.37. The molecule has 0 amide bonds. The van der Waals surface area contributed by atoms with E-state index >= 15 is 0 Å². The molecule has 0 fully saturated rings. The van der Waals surface area contributed by atoms with Gasteiger partial charge < -0.3 is 9.88 Å². The van der Waals surface area contributed by atoms with Crippen LogP contribution in [0.4, 0.5) is 5.69 Å². The number of nitrogens with zero attached hydrogens (tertiary/aromatic N) is 1. The zero-order chi connectivity index (χ0) is 14.0. The predicted molar refractivity (Wildman–Crippen MR) is 88.7 cm³/mol. The third-order valence-corrected chi connectivity index (χ3v) is 4.54. The molecule has 0 aliphatic rings. The topological polar surface area (TPSA) is 17.0 Å². The minimum Gasteiger partial charge on any atom is -0.380 e. The van der Waals surface area contributed by atoms with Gasteiger partial charge in [0.25, 0.3) is 0 Å². The Kier molecular flexibility index (Phi) is 4.74. The number of benzene rings is 1. The first-order chi connectivity index (χ1) is 9.02. The molecule has 0 saturated heterocycles. The lowest BCUT2D eigenvalue weighted by molar-refractivity contribution is 0.715. The van der Waals surface area contributed by atoms with E-state index in [4.69, 9.17) is 0 Å². The average molecular weight is 386 g/mol. The number of aromatic nitrogens is 1. The predicted octanol–water partition coefficient (Wildman–Crippen LogP) is 5.26. The van der Waals surface area contributed by atoms with Crippen molar-refractivity contribution in [3.63, 3.8) is 0 Å². The fourth-order valence-corrected chi connectivity index (χ4v) is 3.55. The number of aryl methyl sites for hydroxylation is 1. The lowest BCUT2D eigenvalue weighted by Gasteiger charge is -2.10. The summed E-state index contributed by atoms with van der Waals surface area (Å²) in [5, 5.41) is 3.48. The SMILES string of the molecule is CCn1c(C)cc(CNc2ccc(Br)cc2Br)c1C. The summed E-state index contributed by atoms with van der Waals surface area (Å²) in [5.41, 5.74) is 5.14. The van der Waals surface area contributed by atoms with E-state index in [2.05, 4.69) is 80.7 Å². The fourth-order valence-electron chi connectivity index (χ4n) is 2.36. The Morgan fingerprint density at radius 2 is 1.89 bits per heavy atom. The van der Waals surface area contributed by atoms with Crippen LogP contribution in [0, 0.1) is 13.8 Å². The summed E-state index contributed by atoms with van der Waals surface area (Å²) in [6.45, 7) is 8.40. The van der Waals surface area contributed by atoms with Crippen molar-refractivity contribution in [2.45, 2.75) is 33.9 Å². The van der Waals surface area contributed by atoms with Gasteiger partial charge in [-0.05, 0) is 66.5 Å². The molecule has 1 aromatic heterocycles. The van der Waals surface area contributed by atoms with Gasteiger partial charge in [-0.2, -0.15) is 0 Å². The minimum atomic E-state index is 0.847. The normalized spacial score (nSPS) is 10.8. The van der Waals surface area contributed by atoms with E-state index in [1.807, 2.05) is 6.07 Å². The van der Waals surface area contributed by atoms with E-state index < -0.39 is 0 Å². The van der Waals surface area contributed by atoms with Crippen LogP contribution in [0.5, 0.6) is 0 Å². The first kappa shape index (κ1) is 14.7. The molecule has 0 saturated carbocycles. The molecule has 1 N–H and O–H groups in total. The Morgan fingerprint density at radius 1 is 1.16 bits per heavy atom. The Labute approximate surface area is 131 Å². The summed E-state index contributed by atoms with van der Waals surface area (Å²) >= 11 is 7.04. The number of halogens is 2. The van der Waals surface area contributed by atoms with Crippen molar-refractivity contribution < 1.29 is 0 Å². The lowest BCUT2D eigenvalue weighted by Crippen LogP contribution is -2.03. The summed E-state index contributed by atoms with van der Waals surface area (Å²) in [5.74, 6) is 0. The summed E-state index contributed by atoms with van der Waals surface area (Å²) < 4.78 is 4.49. The molecule has 102 valence electrons. The van der Waals surface area contributed by atoms with Gasteiger partial charge in [0.15, 0.2) is 0 Å². The van der Waals surface area contributed by atoms with Gasteiger partial charge in [0, 0.05) is 39.1 Å². The van der Waals surface area contributed by atoms with Gasteiger partial charge in [0.1, 0.15) is 0 Å². The summed E-state index contributed by atoms with van der Waals surface area (Å²) in [4.78, 5) is 0. The standard InChI is InChI=1S/C15H18Br2N2/c1-4-19-10(2)7-12(11(19)3)9-18-15-6-5-13(16)8-14(15)17/h5-8,18H,4,9H2,1-3H3. The fraction of sp³-hybridized carbons (Fsp3) is 0.333. The van der Waals surface area contributed by atoms with Crippen LogP contribution in [0.1, 0.15) is 23.9 Å². The summed E-state index contributed by atoms with van der Waals surface area (Å²) in [6, 6.07) is 8.44. The molecule has 0 radical (unpaired) electrons. The van der Waals surface area contributed by atoms with Gasteiger partial charge >= 0.3 is 0 Å². The van der Waals surface area contributed by atoms with Crippen molar-refractivity contribution in [3.8, 4) is 0 Å². The number of hydrogen-bond donors (Lipinski definition) is 1. The molecule has 0 aliphatic carbocycles. The summed E-state index contributed by atoms with van der Waals surface area (Å²) in [7, 11) is 0. The molecule has 2 aromatic rings. The largest absolute Gasteiger partial charge is 0.380 e. The highest BCUT2D eigenvalue weighted by Crippen LogP contribution is 2.27. The van der Waals surface area contributed by atoms with E-state index in [9.17, 15) is 0 Å². The van der Waals surface area contributed by atoms with Gasteiger partial charge in [-0.25, -0.2) is 0 Å². The van der Waals surface area contributed by atoms with Crippen molar-refractivity contribution in [2.75, 3.05) is 5.32 Å². The molecular weight excluding hydrogens is 368 g/mol. The zero-order valence-electron chi connectivity index (χ0n) is 11.4. The Morgan fingerprint density at radius 3 is 2.47 bits per heavy atom. The first-order valence-corrected chi connectivity index (χ1v) is 7.96. The zero-order valence-corrected chi connectivity index (χ0v) is 14.6. The van der Waals surface area contributed by atoms with Crippen molar-refractivity contribution in [1.29, 1.82) is 0 Å². The second kappa shape index (κ2) is 6.14. The van der Waals surface area contributed by atoms with E-state index in [-0.39, 0.29) is 0 Å². The molecule has 0 unspecified atom stereocenters. The van der Waals surface area contributed by atoms with Crippen molar-refractivity contribution in [3.05, 3.63) is 50.2 Å². The molecule has 0 aliphatic heterocycles. The smallest absolute Gasteiger partial charge is 0.0488 e. The van der Waals surface area contributed by atoms with Crippen LogP contribution in [-0.2, 0) is 13.1 Å². The van der Waals surface area contributed by atoms with Crippen molar-refractivity contribution in [2.24, 2.45) is 0 Å². The maximum atomic E-state index is 3.57. The Hall–Kier alpha value is -0.740. The van der Waals surface area contributed by atoms with Crippen LogP contribution < -0.4 is 5.32 Å². The molecule has 2 nitrogen and oxygen atoms in total. The second-order valence-corrected chi connectivity index (χ2v) is 6.39. The van der Waals surface area contributed by atoms with Crippen LogP contribution in [0.3, 0.4) is 0 Å². The molecule has 19 heavy (non-hydrogen) atoms. The van der Waals surface area contributed by atoms with Crippen molar-refractivity contribution >= 4 is 37.5 Å². The van der Waals surface area contributed by atoms with Gasteiger partial charge in [0.05, 0.1) is 0 Å². The Balaban J connectivity index is 2.14. The molecule has 2 rings (SSSR count). The maximum Gasteiger partial charge on any atom is 0.0488 e. The van der Waals surface area contributed by atoms with Gasteiger partial charge in [-0.3, -0.25) is 0 Å². The highest BCUT2D eigenvalue weighted by Gasteiger charge is 2.08. The molecule has 0 spiro atoms. The van der Waals surface area contributed by atoms with Crippen LogP contribution in [0.15, 0.2) is 33.2 Å². The van der Waals surface area contributed by atoms with Crippen LogP contribution >= 0.6 is 31.9 Å². The highest BCUT2D eigenvalue weighted by molar-refractivity contribution is 9.11. The molecule has 1 heterocycles. The average Bonchev–Trinajstić information content (AvgIpc) is 2.63. The third kappa shape index (κ3) is 3.23. The number of nitrogens with one attached hydrogen (secondary N) is 1. The molecule has 1 aromatic carbocycles. The van der Waals surface area contributed by atoms with Gasteiger partial charge in [-0.1, -0.05) is 15.9 Å². The van der Waals surface area contributed by atoms with E-state index in [1.54, 1.807) is 0 Å². The lowest BCUT2D eigenvalue weighted by atomic mass is 10.2. The maximum absolute atomic E-state index is 3.57. The Bertz CT molecular complexity index is 588. The van der Waals surface area contributed by atoms with Crippen LogP contribution in [0.25, 0.3) is 0 Å².